The maximum Gasteiger partial charge on any atom is 0.245 e. The molecule has 0 saturated heterocycles. The molecule has 0 aliphatic rings. The predicted molar refractivity (Wildman–Crippen MR) is 72.5 cm³/mol. The number of sulfone groups is 1. The van der Waals surface area contributed by atoms with Gasteiger partial charge in [-0.15, -0.1) is 11.6 Å². The summed E-state index contributed by atoms with van der Waals surface area (Å²) in [6.45, 7) is 0.311. The third kappa shape index (κ3) is 4.75. The van der Waals surface area contributed by atoms with Gasteiger partial charge in [0.25, 0.3) is 0 Å². The summed E-state index contributed by atoms with van der Waals surface area (Å²) in [5.74, 6) is 0.101. The first-order valence-electron chi connectivity index (χ1n) is 5.39. The molecule has 0 saturated carbocycles. The van der Waals surface area contributed by atoms with E-state index in [0.29, 0.717) is 12.4 Å². The molecule has 0 unspecified atom stereocenters. The number of halogens is 1. The van der Waals surface area contributed by atoms with Crippen molar-refractivity contribution in [2.75, 3.05) is 31.5 Å². The summed E-state index contributed by atoms with van der Waals surface area (Å²) in [5.41, 5.74) is 0. The number of rotatable bonds is 7. The summed E-state index contributed by atoms with van der Waals surface area (Å²) in [6, 6.07) is 0. The van der Waals surface area contributed by atoms with Crippen molar-refractivity contribution >= 4 is 31.5 Å². The highest BCUT2D eigenvalue weighted by molar-refractivity contribution is 7.91. The zero-order valence-corrected chi connectivity index (χ0v) is 13.0. The van der Waals surface area contributed by atoms with E-state index >= 15 is 0 Å². The molecule has 0 aromatic carbocycles. The first-order valence-corrected chi connectivity index (χ1v) is 9.43. The van der Waals surface area contributed by atoms with E-state index in [4.69, 9.17) is 11.6 Å². The molecular weight excluding hydrogens is 314 g/mol. The zero-order valence-electron chi connectivity index (χ0n) is 10.7. The normalized spacial score (nSPS) is 13.1. The van der Waals surface area contributed by atoms with Crippen LogP contribution in [0.5, 0.6) is 0 Å². The van der Waals surface area contributed by atoms with Gasteiger partial charge in [0.2, 0.25) is 10.0 Å². The van der Waals surface area contributed by atoms with Gasteiger partial charge in [-0.25, -0.2) is 16.8 Å². The number of sulfonamides is 1. The van der Waals surface area contributed by atoms with Crippen molar-refractivity contribution in [3.8, 4) is 0 Å². The van der Waals surface area contributed by atoms with Gasteiger partial charge < -0.3 is 0 Å². The number of alkyl halides is 1. The second-order valence-electron chi connectivity index (χ2n) is 4.08. The van der Waals surface area contributed by atoms with Crippen LogP contribution in [-0.4, -0.2) is 62.4 Å². The molecule has 0 atom stereocenters. The highest BCUT2D eigenvalue weighted by Gasteiger charge is 2.23. The van der Waals surface area contributed by atoms with Crippen molar-refractivity contribution in [2.45, 2.75) is 11.4 Å². The maximum atomic E-state index is 12.1. The first-order chi connectivity index (χ1) is 8.66. The fraction of sp³-hybridized carbons (Fsp3) is 0.667. The smallest absolute Gasteiger partial charge is 0.245 e. The lowest BCUT2D eigenvalue weighted by molar-refractivity contribution is 0.484. The van der Waals surface area contributed by atoms with Crippen LogP contribution in [0, 0.1) is 0 Å². The molecular formula is C9H16ClN3O4S2. The topological polar surface area (TPSA) is 89.3 Å². The van der Waals surface area contributed by atoms with Crippen LogP contribution in [0.1, 0.15) is 0 Å². The molecule has 1 aromatic heterocycles. The van der Waals surface area contributed by atoms with Crippen molar-refractivity contribution in [3.63, 3.8) is 0 Å². The monoisotopic (exact) mass is 329 g/mol. The average Bonchev–Trinajstić information content (AvgIpc) is 2.74. The predicted octanol–water partition coefficient (Wildman–Crippen LogP) is -0.213. The lowest BCUT2D eigenvalue weighted by atomic mass is 10.7. The molecule has 0 radical (unpaired) electrons. The Kier molecular flexibility index (Phi) is 5.36. The van der Waals surface area contributed by atoms with Gasteiger partial charge in [-0.2, -0.15) is 9.40 Å². The third-order valence-electron chi connectivity index (χ3n) is 2.41. The lowest BCUT2D eigenvalue weighted by Crippen LogP contribution is -2.31. The Morgan fingerprint density at radius 1 is 1.37 bits per heavy atom. The molecule has 110 valence electrons. The first kappa shape index (κ1) is 16.4. The van der Waals surface area contributed by atoms with E-state index in [1.807, 2.05) is 0 Å². The number of hydrogen-bond donors (Lipinski definition) is 0. The average molecular weight is 330 g/mol. The van der Waals surface area contributed by atoms with Gasteiger partial charge in [0.15, 0.2) is 0 Å². The molecule has 1 heterocycles. The van der Waals surface area contributed by atoms with Crippen molar-refractivity contribution in [3.05, 3.63) is 12.4 Å². The Morgan fingerprint density at radius 2 is 2.00 bits per heavy atom. The van der Waals surface area contributed by atoms with Gasteiger partial charge in [0.1, 0.15) is 14.7 Å². The van der Waals surface area contributed by atoms with Crippen LogP contribution < -0.4 is 0 Å². The fourth-order valence-corrected chi connectivity index (χ4v) is 3.30. The Morgan fingerprint density at radius 3 is 2.53 bits per heavy atom. The molecule has 1 rings (SSSR count). The summed E-state index contributed by atoms with van der Waals surface area (Å²) < 4.78 is 48.7. The van der Waals surface area contributed by atoms with Gasteiger partial charge >= 0.3 is 0 Å². The SMILES string of the molecule is CN(CCS(C)(=O)=O)S(=O)(=O)c1cnn(CCCl)c1. The second-order valence-corrected chi connectivity index (χ2v) is 8.77. The molecule has 0 amide bonds. The molecule has 10 heteroatoms. The van der Waals surface area contributed by atoms with Gasteiger partial charge in [0.05, 0.1) is 18.5 Å². The lowest BCUT2D eigenvalue weighted by Gasteiger charge is -2.15. The van der Waals surface area contributed by atoms with E-state index in [9.17, 15) is 16.8 Å². The van der Waals surface area contributed by atoms with Crippen LogP contribution in [0.3, 0.4) is 0 Å². The van der Waals surface area contributed by atoms with Crippen molar-refractivity contribution < 1.29 is 16.8 Å². The molecule has 0 bridgehead atoms. The minimum atomic E-state index is -3.72. The van der Waals surface area contributed by atoms with Gasteiger partial charge in [-0.1, -0.05) is 0 Å². The molecule has 19 heavy (non-hydrogen) atoms. The van der Waals surface area contributed by atoms with E-state index in [-0.39, 0.29) is 17.2 Å². The van der Waals surface area contributed by atoms with Crippen LogP contribution >= 0.6 is 11.6 Å². The summed E-state index contributed by atoms with van der Waals surface area (Å²) in [6.07, 6.45) is 3.65. The highest BCUT2D eigenvalue weighted by Crippen LogP contribution is 2.13. The quantitative estimate of drug-likeness (QED) is 0.646. The Balaban J connectivity index is 2.84. The summed E-state index contributed by atoms with van der Waals surface area (Å²) in [5, 5.41) is 3.87. The van der Waals surface area contributed by atoms with Crippen molar-refractivity contribution in [1.29, 1.82) is 0 Å². The number of hydrogen-bond acceptors (Lipinski definition) is 5. The minimum absolute atomic E-state index is 0.0219. The van der Waals surface area contributed by atoms with E-state index < -0.39 is 19.9 Å². The summed E-state index contributed by atoms with van der Waals surface area (Å²) >= 11 is 5.53. The van der Waals surface area contributed by atoms with Crippen LogP contribution in [0.15, 0.2) is 17.3 Å². The molecule has 0 spiro atoms. The van der Waals surface area contributed by atoms with Crippen LogP contribution in [0.25, 0.3) is 0 Å². The van der Waals surface area contributed by atoms with Crippen molar-refractivity contribution in [2.24, 2.45) is 0 Å². The maximum absolute atomic E-state index is 12.1. The number of aryl methyl sites for hydroxylation is 1. The van der Waals surface area contributed by atoms with Gasteiger partial charge in [-0.05, 0) is 0 Å². The Labute approximate surface area is 118 Å². The summed E-state index contributed by atoms with van der Waals surface area (Å²) in [7, 11) is -5.59. The molecule has 0 aliphatic carbocycles. The largest absolute Gasteiger partial charge is 0.270 e. The van der Waals surface area contributed by atoms with Gasteiger partial charge in [-0.3, -0.25) is 4.68 Å². The molecule has 7 nitrogen and oxygen atoms in total. The second kappa shape index (κ2) is 6.21. The van der Waals surface area contributed by atoms with Crippen molar-refractivity contribution in [1.82, 2.24) is 14.1 Å². The molecule has 0 aliphatic heterocycles. The third-order valence-corrected chi connectivity index (χ3v) is 5.31. The van der Waals surface area contributed by atoms with Gasteiger partial charge in [0, 0.05) is 31.9 Å². The van der Waals surface area contributed by atoms with E-state index in [1.54, 1.807) is 0 Å². The van der Waals surface area contributed by atoms with E-state index in [1.165, 1.54) is 24.1 Å². The fourth-order valence-electron chi connectivity index (χ4n) is 1.28. The zero-order chi connectivity index (χ0) is 14.7. The van der Waals surface area contributed by atoms with E-state index in [2.05, 4.69) is 5.10 Å². The highest BCUT2D eigenvalue weighted by atomic mass is 35.5. The number of aromatic nitrogens is 2. The number of nitrogens with zero attached hydrogens (tertiary/aromatic N) is 3. The standard InChI is InChI=1S/C9H16ClN3O4S2/c1-12(5-6-18(2,14)15)19(16,17)9-7-11-13(8-9)4-3-10/h7-8H,3-6H2,1-2H3. The van der Waals surface area contributed by atoms with Crippen LogP contribution in [0.4, 0.5) is 0 Å². The Hall–Kier alpha value is -0.640. The van der Waals surface area contributed by atoms with Crippen LogP contribution in [-0.2, 0) is 26.4 Å². The summed E-state index contributed by atoms with van der Waals surface area (Å²) in [4.78, 5) is 0.0219. The van der Waals surface area contributed by atoms with E-state index in [0.717, 1.165) is 10.6 Å². The van der Waals surface area contributed by atoms with Crippen LogP contribution in [0.2, 0.25) is 0 Å². The Bertz CT molecular complexity index is 624. The minimum Gasteiger partial charge on any atom is -0.270 e. The molecule has 1 aromatic rings. The molecule has 0 fully saturated rings. The molecule has 0 N–H and O–H groups in total.